The summed E-state index contributed by atoms with van der Waals surface area (Å²) < 4.78 is 0. The average Bonchev–Trinajstić information content (AvgIpc) is 2.42. The van der Waals surface area contributed by atoms with Crippen molar-refractivity contribution in [3.05, 3.63) is 0 Å². The first-order chi connectivity index (χ1) is 9.04. The molecule has 0 saturated carbocycles. The number of carbonyl (C=O) groups excluding carboxylic acids is 1. The van der Waals surface area contributed by atoms with E-state index in [2.05, 4.69) is 20.1 Å². The molecule has 1 aliphatic heterocycles. The largest absolute Gasteiger partial charge is 0.341 e. The summed E-state index contributed by atoms with van der Waals surface area (Å²) in [5.74, 6) is 2.74. The SMILES string of the molecule is CSCC[C@H](N)C(=O)N1CCC(CCC(C)C)CC1.Cl. The normalized spacial score (nSPS) is 17.9. The van der Waals surface area contributed by atoms with E-state index in [0.29, 0.717) is 0 Å². The summed E-state index contributed by atoms with van der Waals surface area (Å²) in [5.41, 5.74) is 5.96. The summed E-state index contributed by atoms with van der Waals surface area (Å²) in [7, 11) is 0. The summed E-state index contributed by atoms with van der Waals surface area (Å²) in [5, 5.41) is 0. The van der Waals surface area contributed by atoms with Crippen LogP contribution in [0.2, 0.25) is 0 Å². The van der Waals surface area contributed by atoms with Crippen LogP contribution in [0.5, 0.6) is 0 Å². The van der Waals surface area contributed by atoms with Gasteiger partial charge in [-0.25, -0.2) is 0 Å². The van der Waals surface area contributed by atoms with E-state index in [0.717, 1.165) is 49.9 Å². The molecule has 1 heterocycles. The van der Waals surface area contributed by atoms with Crippen molar-refractivity contribution in [3.8, 4) is 0 Å². The number of thioether (sulfide) groups is 1. The molecule has 1 saturated heterocycles. The smallest absolute Gasteiger partial charge is 0.239 e. The Kier molecular flexibility index (Phi) is 10.8. The molecule has 1 fully saturated rings. The number of nitrogens with zero attached hydrogens (tertiary/aromatic N) is 1. The molecule has 1 rings (SSSR count). The van der Waals surface area contributed by atoms with Gasteiger partial charge >= 0.3 is 0 Å². The third kappa shape index (κ3) is 7.19. The highest BCUT2D eigenvalue weighted by molar-refractivity contribution is 7.98. The lowest BCUT2D eigenvalue weighted by atomic mass is 9.89. The molecule has 1 amide bonds. The molecule has 0 aliphatic carbocycles. The summed E-state index contributed by atoms with van der Waals surface area (Å²) in [6.07, 6.45) is 7.80. The van der Waals surface area contributed by atoms with Crippen molar-refractivity contribution in [2.75, 3.05) is 25.1 Å². The number of halogens is 1. The Labute approximate surface area is 134 Å². The van der Waals surface area contributed by atoms with E-state index in [9.17, 15) is 4.79 Å². The molecule has 1 atom stereocenters. The topological polar surface area (TPSA) is 46.3 Å². The number of hydrogen-bond acceptors (Lipinski definition) is 3. The number of piperidine rings is 1. The van der Waals surface area contributed by atoms with Crippen molar-refractivity contribution in [1.29, 1.82) is 0 Å². The molecule has 0 bridgehead atoms. The lowest BCUT2D eigenvalue weighted by Crippen LogP contribution is -2.47. The number of rotatable bonds is 7. The standard InChI is InChI=1S/C15H30N2OS.ClH/c1-12(2)4-5-13-6-9-17(10-7-13)15(18)14(16)8-11-19-3;/h12-14H,4-11,16H2,1-3H3;1H/t14-;/m0./s1. The molecule has 0 aromatic carbocycles. The Morgan fingerprint density at radius 3 is 2.40 bits per heavy atom. The van der Waals surface area contributed by atoms with Crippen LogP contribution in [-0.2, 0) is 4.79 Å². The van der Waals surface area contributed by atoms with Crippen LogP contribution in [-0.4, -0.2) is 41.9 Å². The fourth-order valence-corrected chi connectivity index (χ4v) is 3.10. The highest BCUT2D eigenvalue weighted by atomic mass is 35.5. The van der Waals surface area contributed by atoms with Crippen LogP contribution in [0.4, 0.5) is 0 Å². The number of amides is 1. The Hall–Kier alpha value is 0.0700. The van der Waals surface area contributed by atoms with Gasteiger partial charge in [0.1, 0.15) is 0 Å². The molecule has 20 heavy (non-hydrogen) atoms. The third-order valence-electron chi connectivity index (χ3n) is 4.03. The van der Waals surface area contributed by atoms with Crippen molar-refractivity contribution in [1.82, 2.24) is 4.90 Å². The lowest BCUT2D eigenvalue weighted by molar-refractivity contribution is -0.134. The quantitative estimate of drug-likeness (QED) is 0.783. The van der Waals surface area contributed by atoms with E-state index in [1.165, 1.54) is 12.8 Å². The van der Waals surface area contributed by atoms with E-state index in [1.54, 1.807) is 11.8 Å². The van der Waals surface area contributed by atoms with Crippen LogP contribution >= 0.6 is 24.2 Å². The van der Waals surface area contributed by atoms with Gasteiger partial charge in [-0.3, -0.25) is 4.79 Å². The number of hydrogen-bond donors (Lipinski definition) is 1. The maximum Gasteiger partial charge on any atom is 0.239 e. The number of carbonyl (C=O) groups is 1. The molecule has 1 aliphatic rings. The Morgan fingerprint density at radius 2 is 1.90 bits per heavy atom. The molecule has 5 heteroatoms. The van der Waals surface area contributed by atoms with Gasteiger partial charge in [-0.1, -0.05) is 26.7 Å². The zero-order valence-electron chi connectivity index (χ0n) is 13.1. The molecular formula is C15H31ClN2OS. The molecule has 0 radical (unpaired) electrons. The van der Waals surface area contributed by atoms with Crippen molar-refractivity contribution >= 4 is 30.1 Å². The predicted molar refractivity (Wildman–Crippen MR) is 91.6 cm³/mol. The Bertz CT molecular complexity index is 269. The molecule has 0 aromatic rings. The molecule has 0 aromatic heterocycles. The maximum absolute atomic E-state index is 12.2. The van der Waals surface area contributed by atoms with E-state index in [4.69, 9.17) is 5.73 Å². The number of likely N-dealkylation sites (tertiary alicyclic amines) is 1. The van der Waals surface area contributed by atoms with Crippen LogP contribution in [0.1, 0.15) is 46.0 Å². The van der Waals surface area contributed by atoms with Gasteiger partial charge in [-0.05, 0) is 43.1 Å². The van der Waals surface area contributed by atoms with Crippen LogP contribution < -0.4 is 5.73 Å². The van der Waals surface area contributed by atoms with Gasteiger partial charge in [0.15, 0.2) is 0 Å². The van der Waals surface area contributed by atoms with Crippen LogP contribution in [0, 0.1) is 11.8 Å². The molecular weight excluding hydrogens is 292 g/mol. The van der Waals surface area contributed by atoms with Crippen molar-refractivity contribution in [2.45, 2.75) is 52.0 Å². The second kappa shape index (κ2) is 10.7. The molecule has 3 nitrogen and oxygen atoms in total. The van der Waals surface area contributed by atoms with Gasteiger partial charge in [0, 0.05) is 13.1 Å². The zero-order valence-corrected chi connectivity index (χ0v) is 14.8. The average molecular weight is 323 g/mol. The third-order valence-corrected chi connectivity index (χ3v) is 4.67. The lowest BCUT2D eigenvalue weighted by Gasteiger charge is -2.33. The summed E-state index contributed by atoms with van der Waals surface area (Å²) in [6, 6.07) is -0.292. The first-order valence-corrected chi connectivity index (χ1v) is 8.97. The van der Waals surface area contributed by atoms with Gasteiger partial charge in [-0.15, -0.1) is 12.4 Å². The minimum atomic E-state index is -0.292. The van der Waals surface area contributed by atoms with Gasteiger partial charge in [0.25, 0.3) is 0 Å². The maximum atomic E-state index is 12.2. The van der Waals surface area contributed by atoms with E-state index in [1.807, 2.05) is 4.90 Å². The van der Waals surface area contributed by atoms with Crippen molar-refractivity contribution < 1.29 is 4.79 Å². The van der Waals surface area contributed by atoms with Gasteiger partial charge in [0.05, 0.1) is 6.04 Å². The minimum Gasteiger partial charge on any atom is -0.341 e. The fourth-order valence-electron chi connectivity index (χ4n) is 2.61. The highest BCUT2D eigenvalue weighted by Gasteiger charge is 2.25. The predicted octanol–water partition coefficient (Wildman–Crippen LogP) is 3.16. The fraction of sp³-hybridized carbons (Fsp3) is 0.933. The Balaban J connectivity index is 0.00000361. The first kappa shape index (κ1) is 20.1. The van der Waals surface area contributed by atoms with E-state index in [-0.39, 0.29) is 24.4 Å². The van der Waals surface area contributed by atoms with E-state index >= 15 is 0 Å². The second-order valence-corrected chi connectivity index (χ2v) is 7.11. The molecule has 0 spiro atoms. The van der Waals surface area contributed by atoms with Crippen molar-refractivity contribution in [3.63, 3.8) is 0 Å². The van der Waals surface area contributed by atoms with Gasteiger partial charge < -0.3 is 10.6 Å². The van der Waals surface area contributed by atoms with Gasteiger partial charge in [0.2, 0.25) is 5.91 Å². The van der Waals surface area contributed by atoms with Crippen LogP contribution in [0.3, 0.4) is 0 Å². The highest BCUT2D eigenvalue weighted by Crippen LogP contribution is 2.24. The zero-order chi connectivity index (χ0) is 14.3. The summed E-state index contributed by atoms with van der Waals surface area (Å²) in [4.78, 5) is 14.2. The van der Waals surface area contributed by atoms with Crippen LogP contribution in [0.15, 0.2) is 0 Å². The Morgan fingerprint density at radius 1 is 1.30 bits per heavy atom. The molecule has 0 unspecified atom stereocenters. The van der Waals surface area contributed by atoms with E-state index < -0.39 is 0 Å². The molecule has 120 valence electrons. The minimum absolute atomic E-state index is 0. The monoisotopic (exact) mass is 322 g/mol. The molecule has 2 N–H and O–H groups in total. The second-order valence-electron chi connectivity index (χ2n) is 6.13. The van der Waals surface area contributed by atoms with Crippen molar-refractivity contribution in [2.24, 2.45) is 17.6 Å². The van der Waals surface area contributed by atoms with Crippen LogP contribution in [0.25, 0.3) is 0 Å². The summed E-state index contributed by atoms with van der Waals surface area (Å²) >= 11 is 1.75. The summed E-state index contributed by atoms with van der Waals surface area (Å²) in [6.45, 7) is 6.38. The number of nitrogens with two attached hydrogens (primary N) is 1. The van der Waals surface area contributed by atoms with Gasteiger partial charge in [-0.2, -0.15) is 11.8 Å². The first-order valence-electron chi connectivity index (χ1n) is 7.58.